The molecular formula is C24H26N4O3. The van der Waals surface area contributed by atoms with Crippen LogP contribution >= 0.6 is 0 Å². The third-order valence-corrected chi connectivity index (χ3v) is 5.35. The fourth-order valence-electron chi connectivity index (χ4n) is 3.53. The summed E-state index contributed by atoms with van der Waals surface area (Å²) in [5, 5.41) is 11.8. The van der Waals surface area contributed by atoms with E-state index in [1.54, 1.807) is 13.2 Å². The first-order chi connectivity index (χ1) is 15.1. The summed E-state index contributed by atoms with van der Waals surface area (Å²) in [5.41, 5.74) is 3.13. The zero-order valence-corrected chi connectivity index (χ0v) is 17.7. The molecule has 0 radical (unpaired) electrons. The number of carbonyl (C=O) groups is 1. The molecule has 0 bridgehead atoms. The standard InChI is InChI=1S/C24H26N4O3/c1-17(18-5-4-8-21(16-18)30-2)25-24(29)20-7-3-6-19(15-20)22-9-10-23(27-26-22)28-11-13-31-14-12-28/h3-10,15-17H,11-14H2,1-2H3,(H,25,29). The van der Waals surface area contributed by atoms with E-state index in [9.17, 15) is 4.79 Å². The summed E-state index contributed by atoms with van der Waals surface area (Å²) in [4.78, 5) is 15.0. The van der Waals surface area contributed by atoms with Crippen LogP contribution in [0.3, 0.4) is 0 Å². The van der Waals surface area contributed by atoms with Crippen molar-refractivity contribution < 1.29 is 14.3 Å². The van der Waals surface area contributed by atoms with Crippen molar-refractivity contribution in [1.82, 2.24) is 15.5 Å². The Balaban J connectivity index is 1.46. The Morgan fingerprint density at radius 3 is 2.61 bits per heavy atom. The second-order valence-corrected chi connectivity index (χ2v) is 7.43. The lowest BCUT2D eigenvalue weighted by atomic mass is 10.1. The second-order valence-electron chi connectivity index (χ2n) is 7.43. The lowest BCUT2D eigenvalue weighted by Gasteiger charge is -2.27. The summed E-state index contributed by atoms with van der Waals surface area (Å²) < 4.78 is 10.7. The summed E-state index contributed by atoms with van der Waals surface area (Å²) in [6.45, 7) is 4.99. The van der Waals surface area contributed by atoms with E-state index < -0.39 is 0 Å². The Hall–Kier alpha value is -3.45. The van der Waals surface area contributed by atoms with Crippen LogP contribution in [-0.4, -0.2) is 49.5 Å². The largest absolute Gasteiger partial charge is 0.497 e. The topological polar surface area (TPSA) is 76.6 Å². The molecule has 1 aliphatic heterocycles. The number of anilines is 1. The van der Waals surface area contributed by atoms with Crippen LogP contribution in [0, 0.1) is 0 Å². The molecule has 1 aliphatic rings. The predicted octanol–water partition coefficient (Wildman–Crippen LogP) is 3.48. The molecule has 1 aromatic heterocycles. The van der Waals surface area contributed by atoms with E-state index in [1.165, 1.54) is 0 Å². The number of hydrogen-bond donors (Lipinski definition) is 1. The molecule has 0 aliphatic carbocycles. The molecule has 160 valence electrons. The summed E-state index contributed by atoms with van der Waals surface area (Å²) in [5.74, 6) is 1.46. The number of methoxy groups -OCH3 is 1. The molecule has 4 rings (SSSR count). The van der Waals surface area contributed by atoms with E-state index in [4.69, 9.17) is 9.47 Å². The minimum absolute atomic E-state index is 0.143. The third kappa shape index (κ3) is 5.00. The van der Waals surface area contributed by atoms with Crippen molar-refractivity contribution in [2.75, 3.05) is 38.3 Å². The smallest absolute Gasteiger partial charge is 0.251 e. The summed E-state index contributed by atoms with van der Waals surface area (Å²) >= 11 is 0. The molecule has 3 aromatic rings. The molecular weight excluding hydrogens is 392 g/mol. The molecule has 1 atom stereocenters. The maximum absolute atomic E-state index is 12.8. The molecule has 0 spiro atoms. The van der Waals surface area contributed by atoms with Gasteiger partial charge < -0.3 is 19.7 Å². The van der Waals surface area contributed by atoms with E-state index in [0.717, 1.165) is 41.5 Å². The Morgan fingerprint density at radius 1 is 1.06 bits per heavy atom. The number of amides is 1. The number of nitrogens with zero attached hydrogens (tertiary/aromatic N) is 3. The molecule has 2 heterocycles. The number of hydrogen-bond acceptors (Lipinski definition) is 6. The normalized spacial score (nSPS) is 14.7. The number of carbonyl (C=O) groups excluding carboxylic acids is 1. The van der Waals surface area contributed by atoms with Crippen LogP contribution in [0.1, 0.15) is 28.9 Å². The zero-order valence-electron chi connectivity index (χ0n) is 17.7. The fourth-order valence-corrected chi connectivity index (χ4v) is 3.53. The van der Waals surface area contributed by atoms with Gasteiger partial charge in [0.2, 0.25) is 0 Å². The Kier molecular flexibility index (Phi) is 6.43. The van der Waals surface area contributed by atoms with Crippen molar-refractivity contribution in [3.05, 3.63) is 71.8 Å². The molecule has 31 heavy (non-hydrogen) atoms. The van der Waals surface area contributed by atoms with E-state index in [0.29, 0.717) is 18.8 Å². The van der Waals surface area contributed by atoms with E-state index in [1.807, 2.05) is 61.5 Å². The van der Waals surface area contributed by atoms with Crippen LogP contribution < -0.4 is 15.0 Å². The lowest BCUT2D eigenvalue weighted by Crippen LogP contribution is -2.36. The third-order valence-electron chi connectivity index (χ3n) is 5.35. The Bertz CT molecular complexity index is 1030. The fraction of sp³-hybridized carbons (Fsp3) is 0.292. The summed E-state index contributed by atoms with van der Waals surface area (Å²) in [6.07, 6.45) is 0. The van der Waals surface area contributed by atoms with Crippen molar-refractivity contribution >= 4 is 11.7 Å². The van der Waals surface area contributed by atoms with Gasteiger partial charge in [-0.15, -0.1) is 10.2 Å². The van der Waals surface area contributed by atoms with Gasteiger partial charge >= 0.3 is 0 Å². The Labute approximate surface area is 182 Å². The van der Waals surface area contributed by atoms with Gasteiger partial charge in [0, 0.05) is 24.2 Å². The number of nitrogens with one attached hydrogen (secondary N) is 1. The summed E-state index contributed by atoms with van der Waals surface area (Å²) in [6, 6.07) is 18.9. The highest BCUT2D eigenvalue weighted by molar-refractivity contribution is 5.95. The van der Waals surface area contributed by atoms with Crippen molar-refractivity contribution in [2.45, 2.75) is 13.0 Å². The number of rotatable bonds is 6. The van der Waals surface area contributed by atoms with E-state index in [-0.39, 0.29) is 11.9 Å². The van der Waals surface area contributed by atoms with Crippen LogP contribution in [0.15, 0.2) is 60.7 Å². The van der Waals surface area contributed by atoms with Gasteiger partial charge in [-0.25, -0.2) is 0 Å². The maximum Gasteiger partial charge on any atom is 0.251 e. The van der Waals surface area contributed by atoms with Crippen LogP contribution in [0.2, 0.25) is 0 Å². The highest BCUT2D eigenvalue weighted by Gasteiger charge is 2.15. The molecule has 1 fully saturated rings. The molecule has 1 N–H and O–H groups in total. The highest BCUT2D eigenvalue weighted by atomic mass is 16.5. The van der Waals surface area contributed by atoms with Gasteiger partial charge in [0.05, 0.1) is 32.1 Å². The van der Waals surface area contributed by atoms with Gasteiger partial charge in [0.15, 0.2) is 5.82 Å². The minimum Gasteiger partial charge on any atom is -0.497 e. The average Bonchev–Trinajstić information content (AvgIpc) is 2.84. The van der Waals surface area contributed by atoms with Gasteiger partial charge in [0.25, 0.3) is 5.91 Å². The monoisotopic (exact) mass is 418 g/mol. The number of morpholine rings is 1. The van der Waals surface area contributed by atoms with Crippen molar-refractivity contribution in [3.63, 3.8) is 0 Å². The van der Waals surface area contributed by atoms with Gasteiger partial charge in [-0.3, -0.25) is 4.79 Å². The van der Waals surface area contributed by atoms with Gasteiger partial charge in [0.1, 0.15) is 5.75 Å². The van der Waals surface area contributed by atoms with Crippen LogP contribution in [-0.2, 0) is 4.74 Å². The molecule has 2 aromatic carbocycles. The van der Waals surface area contributed by atoms with Gasteiger partial charge in [-0.05, 0) is 48.9 Å². The molecule has 1 saturated heterocycles. The van der Waals surface area contributed by atoms with Crippen LogP contribution in [0.25, 0.3) is 11.3 Å². The molecule has 0 saturated carbocycles. The van der Waals surface area contributed by atoms with Crippen LogP contribution in [0.4, 0.5) is 5.82 Å². The van der Waals surface area contributed by atoms with Crippen molar-refractivity contribution in [2.24, 2.45) is 0 Å². The first-order valence-corrected chi connectivity index (χ1v) is 10.4. The predicted molar refractivity (Wildman–Crippen MR) is 119 cm³/mol. The first kappa shape index (κ1) is 20.8. The molecule has 1 unspecified atom stereocenters. The summed E-state index contributed by atoms with van der Waals surface area (Å²) in [7, 11) is 1.63. The molecule has 7 nitrogen and oxygen atoms in total. The first-order valence-electron chi connectivity index (χ1n) is 10.4. The zero-order chi connectivity index (χ0) is 21.6. The minimum atomic E-state index is -0.154. The molecule has 1 amide bonds. The average molecular weight is 418 g/mol. The van der Waals surface area contributed by atoms with Crippen molar-refractivity contribution in [1.29, 1.82) is 0 Å². The molecule has 7 heteroatoms. The van der Waals surface area contributed by atoms with E-state index >= 15 is 0 Å². The Morgan fingerprint density at radius 2 is 1.87 bits per heavy atom. The van der Waals surface area contributed by atoms with Gasteiger partial charge in [-0.1, -0.05) is 24.3 Å². The quantitative estimate of drug-likeness (QED) is 0.661. The van der Waals surface area contributed by atoms with Gasteiger partial charge in [-0.2, -0.15) is 0 Å². The lowest BCUT2D eigenvalue weighted by molar-refractivity contribution is 0.0940. The van der Waals surface area contributed by atoms with Crippen molar-refractivity contribution in [3.8, 4) is 17.0 Å². The second kappa shape index (κ2) is 9.57. The number of ether oxygens (including phenoxy) is 2. The maximum atomic E-state index is 12.8. The SMILES string of the molecule is COc1cccc(C(C)NC(=O)c2cccc(-c3ccc(N4CCOCC4)nn3)c2)c1. The number of aromatic nitrogens is 2. The van der Waals surface area contributed by atoms with Crippen LogP contribution in [0.5, 0.6) is 5.75 Å². The van der Waals surface area contributed by atoms with E-state index in [2.05, 4.69) is 20.4 Å². The highest BCUT2D eigenvalue weighted by Crippen LogP contribution is 2.22. The number of benzene rings is 2.